The molecule has 0 aromatic heterocycles. The lowest BCUT2D eigenvalue weighted by molar-refractivity contribution is 0.153. The minimum absolute atomic E-state index is 0.377. The largest absolute Gasteiger partial charge is 0.492 e. The van der Waals surface area contributed by atoms with E-state index in [9.17, 15) is 4.79 Å². The van der Waals surface area contributed by atoms with E-state index in [-0.39, 0.29) is 0 Å². The van der Waals surface area contributed by atoms with E-state index in [2.05, 4.69) is 0 Å². The highest BCUT2D eigenvalue weighted by Crippen LogP contribution is 2.15. The number of carbonyl (C=O) groups excluding carboxylic acids is 1. The van der Waals surface area contributed by atoms with Crippen LogP contribution in [0, 0.1) is 0 Å². The molecule has 21 heavy (non-hydrogen) atoms. The summed E-state index contributed by atoms with van der Waals surface area (Å²) in [5.41, 5.74) is 0. The lowest BCUT2D eigenvalue weighted by Gasteiger charge is -2.17. The van der Waals surface area contributed by atoms with Crippen LogP contribution < -0.4 is 9.47 Å². The van der Waals surface area contributed by atoms with Crippen LogP contribution in [0.2, 0.25) is 5.02 Å². The van der Waals surface area contributed by atoms with Crippen LogP contribution in [-0.2, 0) is 0 Å². The zero-order valence-corrected chi connectivity index (χ0v) is 12.4. The molecule has 1 amide bonds. The SMILES string of the molecule is CN(CCOc1ccc(Cl)cc1)C(=O)Oc1ccccc1. The maximum atomic E-state index is 11.8. The summed E-state index contributed by atoms with van der Waals surface area (Å²) in [5, 5.41) is 0.658. The van der Waals surface area contributed by atoms with Gasteiger partial charge in [-0.3, -0.25) is 0 Å². The molecule has 5 heteroatoms. The highest BCUT2D eigenvalue weighted by Gasteiger charge is 2.10. The fraction of sp³-hybridized carbons (Fsp3) is 0.188. The number of likely N-dealkylation sites (N-methyl/N-ethyl adjacent to an activating group) is 1. The molecule has 0 saturated carbocycles. The fourth-order valence-electron chi connectivity index (χ4n) is 1.59. The molecule has 0 radical (unpaired) electrons. The van der Waals surface area contributed by atoms with Gasteiger partial charge in [-0.2, -0.15) is 0 Å². The van der Waals surface area contributed by atoms with Gasteiger partial charge in [0.25, 0.3) is 0 Å². The summed E-state index contributed by atoms with van der Waals surface area (Å²) in [4.78, 5) is 13.3. The second kappa shape index (κ2) is 7.55. The molecule has 4 nitrogen and oxygen atoms in total. The van der Waals surface area contributed by atoms with Crippen LogP contribution in [0.25, 0.3) is 0 Å². The Labute approximate surface area is 128 Å². The zero-order valence-electron chi connectivity index (χ0n) is 11.7. The molecular formula is C16H16ClNO3. The van der Waals surface area contributed by atoms with E-state index < -0.39 is 6.09 Å². The molecule has 0 spiro atoms. The minimum atomic E-state index is -0.416. The molecule has 0 saturated heterocycles. The Morgan fingerprint density at radius 2 is 1.71 bits per heavy atom. The third-order valence-corrected chi connectivity index (χ3v) is 3.02. The summed E-state index contributed by atoms with van der Waals surface area (Å²) in [6.07, 6.45) is -0.416. The number of para-hydroxylation sites is 1. The first kappa shape index (κ1) is 15.2. The van der Waals surface area contributed by atoms with Crippen LogP contribution in [0.3, 0.4) is 0 Å². The lowest BCUT2D eigenvalue weighted by Crippen LogP contribution is -2.33. The average molecular weight is 306 g/mol. The quantitative estimate of drug-likeness (QED) is 0.842. The van der Waals surface area contributed by atoms with Gasteiger partial charge in [0.15, 0.2) is 0 Å². The van der Waals surface area contributed by atoms with Crippen LogP contribution in [0.1, 0.15) is 0 Å². The van der Waals surface area contributed by atoms with E-state index in [1.54, 1.807) is 43.4 Å². The molecule has 2 aromatic rings. The summed E-state index contributed by atoms with van der Waals surface area (Å²) in [6.45, 7) is 0.802. The van der Waals surface area contributed by atoms with Gasteiger partial charge in [0.05, 0.1) is 6.54 Å². The Bertz CT molecular complexity index is 572. The van der Waals surface area contributed by atoms with Crippen molar-refractivity contribution < 1.29 is 14.3 Å². The van der Waals surface area contributed by atoms with Crippen LogP contribution in [0.5, 0.6) is 11.5 Å². The van der Waals surface area contributed by atoms with Gasteiger partial charge in [-0.05, 0) is 36.4 Å². The van der Waals surface area contributed by atoms with Crippen LogP contribution in [0.4, 0.5) is 4.79 Å². The number of hydrogen-bond acceptors (Lipinski definition) is 3. The van der Waals surface area contributed by atoms with Gasteiger partial charge < -0.3 is 14.4 Å². The molecule has 0 aliphatic rings. The van der Waals surface area contributed by atoms with Gasteiger partial charge in [-0.15, -0.1) is 0 Å². The molecule has 2 aromatic carbocycles. The van der Waals surface area contributed by atoms with Crippen molar-refractivity contribution in [2.45, 2.75) is 0 Å². The van der Waals surface area contributed by atoms with Crippen molar-refractivity contribution in [2.75, 3.05) is 20.2 Å². The molecular weight excluding hydrogens is 290 g/mol. The van der Waals surface area contributed by atoms with Gasteiger partial charge in [0.1, 0.15) is 18.1 Å². The van der Waals surface area contributed by atoms with Crippen molar-refractivity contribution in [3.63, 3.8) is 0 Å². The van der Waals surface area contributed by atoms with Crippen LogP contribution in [0.15, 0.2) is 54.6 Å². The van der Waals surface area contributed by atoms with Gasteiger partial charge in [0, 0.05) is 12.1 Å². The summed E-state index contributed by atoms with van der Waals surface area (Å²) < 4.78 is 10.7. The van der Waals surface area contributed by atoms with Crippen LogP contribution >= 0.6 is 11.6 Å². The first-order valence-electron chi connectivity index (χ1n) is 6.51. The predicted molar refractivity (Wildman–Crippen MR) is 82.0 cm³/mol. The fourth-order valence-corrected chi connectivity index (χ4v) is 1.72. The molecule has 0 heterocycles. The molecule has 0 aliphatic carbocycles. The van der Waals surface area contributed by atoms with Crippen molar-refractivity contribution in [3.05, 3.63) is 59.6 Å². The molecule has 0 atom stereocenters. The normalized spacial score (nSPS) is 10.0. The topological polar surface area (TPSA) is 38.8 Å². The highest BCUT2D eigenvalue weighted by atomic mass is 35.5. The summed E-state index contributed by atoms with van der Waals surface area (Å²) in [7, 11) is 1.66. The van der Waals surface area contributed by atoms with Crippen molar-refractivity contribution in [1.82, 2.24) is 4.90 Å². The number of amides is 1. The zero-order chi connectivity index (χ0) is 15.1. The van der Waals surface area contributed by atoms with Crippen LogP contribution in [-0.4, -0.2) is 31.2 Å². The Morgan fingerprint density at radius 3 is 2.38 bits per heavy atom. The lowest BCUT2D eigenvalue weighted by atomic mass is 10.3. The van der Waals surface area contributed by atoms with Crippen molar-refractivity contribution >= 4 is 17.7 Å². The van der Waals surface area contributed by atoms with Gasteiger partial charge in [-0.1, -0.05) is 29.8 Å². The number of benzene rings is 2. The number of nitrogens with zero attached hydrogens (tertiary/aromatic N) is 1. The van der Waals surface area contributed by atoms with Gasteiger partial charge >= 0.3 is 6.09 Å². The molecule has 0 N–H and O–H groups in total. The number of hydrogen-bond donors (Lipinski definition) is 0. The van der Waals surface area contributed by atoms with E-state index in [0.717, 1.165) is 0 Å². The second-order valence-electron chi connectivity index (χ2n) is 4.40. The molecule has 2 rings (SSSR count). The molecule has 0 fully saturated rings. The second-order valence-corrected chi connectivity index (χ2v) is 4.84. The van der Waals surface area contributed by atoms with Crippen molar-refractivity contribution in [3.8, 4) is 11.5 Å². The molecule has 0 unspecified atom stereocenters. The monoisotopic (exact) mass is 305 g/mol. The van der Waals surface area contributed by atoms with Gasteiger partial charge in [0.2, 0.25) is 0 Å². The summed E-state index contributed by atoms with van der Waals surface area (Å²) >= 11 is 5.79. The maximum Gasteiger partial charge on any atom is 0.415 e. The molecule has 0 bridgehead atoms. The Balaban J connectivity index is 1.75. The van der Waals surface area contributed by atoms with E-state index in [0.29, 0.717) is 29.7 Å². The predicted octanol–water partition coefficient (Wildman–Crippen LogP) is 3.85. The first-order chi connectivity index (χ1) is 10.1. The number of rotatable bonds is 5. The summed E-state index contributed by atoms with van der Waals surface area (Å²) in [5.74, 6) is 1.23. The molecule has 110 valence electrons. The Morgan fingerprint density at radius 1 is 1.05 bits per heavy atom. The smallest absolute Gasteiger partial charge is 0.415 e. The van der Waals surface area contributed by atoms with Crippen molar-refractivity contribution in [1.29, 1.82) is 0 Å². The first-order valence-corrected chi connectivity index (χ1v) is 6.89. The Hall–Kier alpha value is -2.20. The average Bonchev–Trinajstić information content (AvgIpc) is 2.50. The van der Waals surface area contributed by atoms with Crippen molar-refractivity contribution in [2.24, 2.45) is 0 Å². The third-order valence-electron chi connectivity index (χ3n) is 2.77. The Kier molecular flexibility index (Phi) is 5.46. The standard InChI is InChI=1S/C16H16ClNO3/c1-18(16(19)21-15-5-3-2-4-6-15)11-12-20-14-9-7-13(17)8-10-14/h2-10H,11-12H2,1H3. The number of ether oxygens (including phenoxy) is 2. The molecule has 0 aliphatic heterocycles. The highest BCUT2D eigenvalue weighted by molar-refractivity contribution is 6.30. The number of halogens is 1. The summed E-state index contributed by atoms with van der Waals surface area (Å²) in [6, 6.07) is 16.0. The minimum Gasteiger partial charge on any atom is -0.492 e. The van der Waals surface area contributed by atoms with Gasteiger partial charge in [-0.25, -0.2) is 4.79 Å². The van der Waals surface area contributed by atoms with E-state index in [1.807, 2.05) is 18.2 Å². The third kappa shape index (κ3) is 5.00. The number of carbonyl (C=O) groups is 1. The van der Waals surface area contributed by atoms with E-state index in [1.165, 1.54) is 4.90 Å². The maximum absolute atomic E-state index is 11.8. The van der Waals surface area contributed by atoms with E-state index >= 15 is 0 Å². The van der Waals surface area contributed by atoms with E-state index in [4.69, 9.17) is 21.1 Å².